The molecule has 3 aromatic rings. The van der Waals surface area contributed by atoms with Crippen molar-refractivity contribution in [1.29, 1.82) is 0 Å². The number of aryl methyl sites for hydroxylation is 6. The van der Waals surface area contributed by atoms with Crippen molar-refractivity contribution in [2.75, 3.05) is 22.9 Å². The van der Waals surface area contributed by atoms with E-state index in [-0.39, 0.29) is 0 Å². The molecule has 176 valence electrons. The Morgan fingerprint density at radius 1 is 0.794 bits per heavy atom. The Balaban J connectivity index is 1.90. The molecule has 0 bridgehead atoms. The molecular weight excluding hydrogens is 461 g/mol. The Morgan fingerprint density at radius 2 is 1.26 bits per heavy atom. The van der Waals surface area contributed by atoms with E-state index in [1.165, 1.54) is 44.8 Å². The molecule has 3 nitrogen and oxygen atoms in total. The summed E-state index contributed by atoms with van der Waals surface area (Å²) in [5, 5.41) is 0. The van der Waals surface area contributed by atoms with Crippen molar-refractivity contribution in [3.8, 4) is 0 Å². The predicted octanol–water partition coefficient (Wildman–Crippen LogP) is 7.59. The minimum atomic E-state index is -1.29. The Kier molecular flexibility index (Phi) is 6.82. The number of alkyl halides is 2. The van der Waals surface area contributed by atoms with Gasteiger partial charge in [-0.3, -0.25) is 4.98 Å². The number of benzene rings is 2. The standard InChI is InChI=1S/C29H31Cl2N3/c1-19-15-21(3)27(22(4)16-19)33-13-14-34(28-23(5)17-20(2)18-24(28)6)26(33)10-11-29(30,31)25-9-7-8-12-32-25/h7-9,11-12,15-18H,13-14H2,1-6H3. The van der Waals surface area contributed by atoms with Gasteiger partial charge in [-0.2, -0.15) is 0 Å². The van der Waals surface area contributed by atoms with Gasteiger partial charge in [0, 0.05) is 36.7 Å². The summed E-state index contributed by atoms with van der Waals surface area (Å²) in [7, 11) is 0. The summed E-state index contributed by atoms with van der Waals surface area (Å²) in [5.74, 6) is 0.937. The number of aromatic nitrogens is 1. The second-order valence-corrected chi connectivity index (χ2v) is 10.6. The Hall–Kier alpha value is -2.71. The van der Waals surface area contributed by atoms with Gasteiger partial charge in [0.15, 0.2) is 10.2 Å². The molecule has 0 aliphatic carbocycles. The SMILES string of the molecule is Cc1cc(C)c(N2CCN(c3c(C)cc(C)cc3C)C2=C=CC(Cl)(Cl)c2ccccn2)c(C)c1. The molecule has 2 heterocycles. The minimum absolute atomic E-state index is 0.577. The topological polar surface area (TPSA) is 19.4 Å². The van der Waals surface area contributed by atoms with E-state index in [9.17, 15) is 0 Å². The average molecular weight is 492 g/mol. The van der Waals surface area contributed by atoms with E-state index in [1.807, 2.05) is 18.2 Å². The Bertz CT molecular complexity index is 1170. The van der Waals surface area contributed by atoms with Crippen molar-refractivity contribution in [2.24, 2.45) is 0 Å². The van der Waals surface area contributed by atoms with Gasteiger partial charge in [-0.15, -0.1) is 0 Å². The van der Waals surface area contributed by atoms with Crippen LogP contribution in [0.5, 0.6) is 0 Å². The molecule has 1 aliphatic rings. The van der Waals surface area contributed by atoms with Gasteiger partial charge in [-0.05, 0) is 75.9 Å². The number of anilines is 2. The lowest BCUT2D eigenvalue weighted by Gasteiger charge is -2.28. The number of allylic oxidation sites excluding steroid dienone is 1. The monoisotopic (exact) mass is 491 g/mol. The van der Waals surface area contributed by atoms with Gasteiger partial charge >= 0.3 is 0 Å². The molecule has 1 fully saturated rings. The van der Waals surface area contributed by atoms with Crippen LogP contribution in [0.15, 0.2) is 66.3 Å². The van der Waals surface area contributed by atoms with Crippen LogP contribution in [0.1, 0.15) is 39.1 Å². The van der Waals surface area contributed by atoms with Gasteiger partial charge in [0.2, 0.25) is 0 Å². The molecule has 0 atom stereocenters. The first-order chi connectivity index (χ1) is 16.1. The maximum atomic E-state index is 6.73. The zero-order valence-corrected chi connectivity index (χ0v) is 22.2. The molecule has 1 saturated heterocycles. The van der Waals surface area contributed by atoms with Gasteiger partial charge in [-0.25, -0.2) is 0 Å². The summed E-state index contributed by atoms with van der Waals surface area (Å²) in [6, 6.07) is 14.5. The third kappa shape index (κ3) is 4.74. The van der Waals surface area contributed by atoms with E-state index in [4.69, 9.17) is 23.2 Å². The first-order valence-electron chi connectivity index (χ1n) is 11.6. The van der Waals surface area contributed by atoms with E-state index < -0.39 is 4.33 Å². The maximum absolute atomic E-state index is 6.73. The average Bonchev–Trinajstić information content (AvgIpc) is 3.14. The zero-order chi connectivity index (χ0) is 24.6. The van der Waals surface area contributed by atoms with E-state index in [1.54, 1.807) is 12.3 Å². The van der Waals surface area contributed by atoms with Crippen LogP contribution in [0.3, 0.4) is 0 Å². The van der Waals surface area contributed by atoms with Crippen LogP contribution in [0.4, 0.5) is 11.4 Å². The molecule has 0 unspecified atom stereocenters. The molecule has 0 N–H and O–H groups in total. The summed E-state index contributed by atoms with van der Waals surface area (Å²) in [5.41, 5.74) is 14.0. The number of hydrogen-bond donors (Lipinski definition) is 0. The Labute approximate surface area is 213 Å². The van der Waals surface area contributed by atoms with Gasteiger partial charge < -0.3 is 9.80 Å². The highest BCUT2D eigenvalue weighted by Crippen LogP contribution is 2.39. The summed E-state index contributed by atoms with van der Waals surface area (Å²) in [6.07, 6.45) is 3.42. The van der Waals surface area contributed by atoms with Crippen LogP contribution in [0, 0.1) is 41.5 Å². The normalized spacial score (nSPS) is 13.9. The molecular formula is C29H31Cl2N3. The first-order valence-corrected chi connectivity index (χ1v) is 12.3. The van der Waals surface area contributed by atoms with Crippen LogP contribution < -0.4 is 9.80 Å². The van der Waals surface area contributed by atoms with Crippen molar-refractivity contribution < 1.29 is 0 Å². The van der Waals surface area contributed by atoms with Gasteiger partial charge in [0.1, 0.15) is 0 Å². The van der Waals surface area contributed by atoms with Crippen LogP contribution in [-0.2, 0) is 4.33 Å². The van der Waals surface area contributed by atoms with Crippen molar-refractivity contribution in [2.45, 2.75) is 45.9 Å². The lowest BCUT2D eigenvalue weighted by Crippen LogP contribution is -2.24. The van der Waals surface area contributed by atoms with Gasteiger partial charge in [-0.1, -0.05) is 70.4 Å². The Morgan fingerprint density at radius 3 is 1.68 bits per heavy atom. The molecule has 4 rings (SSSR count). The largest absolute Gasteiger partial charge is 0.319 e. The molecule has 1 aliphatic heterocycles. The summed E-state index contributed by atoms with van der Waals surface area (Å²) >= 11 is 13.5. The van der Waals surface area contributed by atoms with Crippen LogP contribution in [0.2, 0.25) is 0 Å². The van der Waals surface area contributed by atoms with Gasteiger partial charge in [0.05, 0.1) is 5.69 Å². The third-order valence-corrected chi connectivity index (χ3v) is 6.86. The van der Waals surface area contributed by atoms with Crippen LogP contribution >= 0.6 is 23.2 Å². The molecule has 34 heavy (non-hydrogen) atoms. The van der Waals surface area contributed by atoms with Gasteiger partial charge in [0.25, 0.3) is 0 Å². The van der Waals surface area contributed by atoms with E-state index in [0.29, 0.717) is 5.69 Å². The molecule has 2 aromatic carbocycles. The van der Waals surface area contributed by atoms with Crippen molar-refractivity contribution in [1.82, 2.24) is 4.98 Å². The fourth-order valence-electron chi connectivity index (χ4n) is 5.13. The molecule has 5 heteroatoms. The highest BCUT2D eigenvalue weighted by Gasteiger charge is 2.32. The number of halogens is 2. The molecule has 0 radical (unpaired) electrons. The highest BCUT2D eigenvalue weighted by atomic mass is 35.5. The van der Waals surface area contributed by atoms with Crippen molar-refractivity contribution in [3.63, 3.8) is 0 Å². The first kappa shape index (κ1) is 24.4. The number of rotatable bonds is 4. The lowest BCUT2D eigenvalue weighted by molar-refractivity contribution is 0.994. The molecule has 1 aromatic heterocycles. The molecule has 0 amide bonds. The van der Waals surface area contributed by atoms with Crippen molar-refractivity contribution >= 4 is 34.6 Å². The fraction of sp³-hybridized carbons (Fsp3) is 0.310. The van der Waals surface area contributed by atoms with Crippen molar-refractivity contribution in [3.05, 3.63) is 105 Å². The molecule has 0 saturated carbocycles. The fourth-order valence-corrected chi connectivity index (χ4v) is 5.47. The number of hydrogen-bond acceptors (Lipinski definition) is 3. The minimum Gasteiger partial charge on any atom is -0.319 e. The smallest absolute Gasteiger partial charge is 0.185 e. The van der Waals surface area contributed by atoms with E-state index in [0.717, 1.165) is 18.9 Å². The van der Waals surface area contributed by atoms with Crippen LogP contribution in [0.25, 0.3) is 0 Å². The maximum Gasteiger partial charge on any atom is 0.185 e. The predicted molar refractivity (Wildman–Crippen MR) is 145 cm³/mol. The quantitative estimate of drug-likeness (QED) is 0.276. The summed E-state index contributed by atoms with van der Waals surface area (Å²) in [6.45, 7) is 14.6. The molecule has 0 spiro atoms. The highest BCUT2D eigenvalue weighted by molar-refractivity contribution is 6.49. The zero-order valence-electron chi connectivity index (χ0n) is 20.7. The number of pyridine rings is 1. The summed E-state index contributed by atoms with van der Waals surface area (Å²) < 4.78 is -1.29. The number of nitrogens with zero attached hydrogens (tertiary/aromatic N) is 3. The summed E-state index contributed by atoms with van der Waals surface area (Å²) in [4.78, 5) is 9.02. The second-order valence-electron chi connectivity index (χ2n) is 9.25. The second kappa shape index (κ2) is 9.50. The van der Waals surface area contributed by atoms with E-state index in [2.05, 4.69) is 86.3 Å². The van der Waals surface area contributed by atoms with E-state index >= 15 is 0 Å². The lowest BCUT2D eigenvalue weighted by atomic mass is 10.0. The van der Waals surface area contributed by atoms with Crippen LogP contribution in [-0.4, -0.2) is 18.1 Å². The third-order valence-electron chi connectivity index (χ3n) is 6.26.